The van der Waals surface area contributed by atoms with Crippen molar-refractivity contribution in [2.45, 2.75) is 32.6 Å². The van der Waals surface area contributed by atoms with Crippen molar-refractivity contribution >= 4 is 28.8 Å². The van der Waals surface area contributed by atoms with Gasteiger partial charge in [0.15, 0.2) is 0 Å². The molecule has 3 aliphatic rings. The normalized spacial score (nSPS) is 19.7. The zero-order valence-electron chi connectivity index (χ0n) is 20.7. The number of H-pyrrole nitrogens is 1. The van der Waals surface area contributed by atoms with Gasteiger partial charge in [0.2, 0.25) is 0 Å². The molecule has 0 atom stereocenters. The van der Waals surface area contributed by atoms with Crippen LogP contribution in [0.15, 0.2) is 63.7 Å². The molecule has 0 unspecified atom stereocenters. The zero-order valence-corrected chi connectivity index (χ0v) is 20.7. The van der Waals surface area contributed by atoms with Crippen molar-refractivity contribution in [2.75, 3.05) is 37.6 Å². The van der Waals surface area contributed by atoms with Gasteiger partial charge in [-0.2, -0.15) is 0 Å². The molecular formula is C28H30N6O2. The van der Waals surface area contributed by atoms with Gasteiger partial charge in [-0.3, -0.25) is 14.6 Å². The minimum absolute atomic E-state index is 0.00268. The summed E-state index contributed by atoms with van der Waals surface area (Å²) in [4.78, 5) is 46.4. The highest BCUT2D eigenvalue weighted by atomic mass is 16.2. The largest absolute Gasteiger partial charge is 0.356 e. The number of aliphatic imine (C=N–C) groups is 1. The number of piperidine rings is 1. The first-order chi connectivity index (χ1) is 17.4. The summed E-state index contributed by atoms with van der Waals surface area (Å²) in [6, 6.07) is 11.7. The fourth-order valence-electron chi connectivity index (χ4n) is 5.88. The molecule has 1 N–H and O–H groups in total. The molecule has 36 heavy (non-hydrogen) atoms. The maximum atomic E-state index is 13.4. The van der Waals surface area contributed by atoms with Crippen LogP contribution in [0.3, 0.4) is 0 Å². The Morgan fingerprint density at radius 3 is 2.75 bits per heavy atom. The highest BCUT2D eigenvalue weighted by molar-refractivity contribution is 5.95. The van der Waals surface area contributed by atoms with Crippen molar-refractivity contribution in [3.05, 3.63) is 75.5 Å². The number of hydrogen-bond donors (Lipinski definition) is 1. The quantitative estimate of drug-likeness (QED) is 0.616. The lowest BCUT2D eigenvalue weighted by atomic mass is 9.79. The van der Waals surface area contributed by atoms with Gasteiger partial charge in [0.05, 0.1) is 6.54 Å². The molecule has 1 saturated heterocycles. The highest BCUT2D eigenvalue weighted by Gasteiger charge is 2.37. The van der Waals surface area contributed by atoms with Gasteiger partial charge in [0.25, 0.3) is 11.5 Å². The Morgan fingerprint density at radius 1 is 1.11 bits per heavy atom. The van der Waals surface area contributed by atoms with Crippen molar-refractivity contribution in [2.24, 2.45) is 10.4 Å². The molecule has 5 heterocycles. The lowest BCUT2D eigenvalue weighted by molar-refractivity contribution is 0.0700. The topological polar surface area (TPSA) is 94.6 Å². The van der Waals surface area contributed by atoms with Crippen LogP contribution in [0.4, 0.5) is 5.82 Å². The third kappa shape index (κ3) is 4.00. The Kier molecular flexibility index (Phi) is 5.47. The third-order valence-electron chi connectivity index (χ3n) is 7.85. The van der Waals surface area contributed by atoms with Gasteiger partial charge in [-0.25, -0.2) is 9.97 Å². The van der Waals surface area contributed by atoms with Crippen molar-refractivity contribution in [1.29, 1.82) is 0 Å². The Hall–Kier alpha value is -3.81. The van der Waals surface area contributed by atoms with Gasteiger partial charge in [0.1, 0.15) is 17.8 Å². The fraction of sp³-hybridized carbons (Fsp3) is 0.393. The van der Waals surface area contributed by atoms with Crippen LogP contribution in [-0.4, -0.2) is 64.7 Å². The van der Waals surface area contributed by atoms with Crippen LogP contribution >= 0.6 is 0 Å². The molecule has 8 heteroatoms. The van der Waals surface area contributed by atoms with E-state index in [-0.39, 0.29) is 22.8 Å². The molecule has 0 saturated carbocycles. The first-order valence-corrected chi connectivity index (χ1v) is 12.6. The van der Waals surface area contributed by atoms with Gasteiger partial charge >= 0.3 is 0 Å². The number of anilines is 1. The van der Waals surface area contributed by atoms with Crippen LogP contribution in [0, 0.1) is 5.41 Å². The second-order valence-electron chi connectivity index (χ2n) is 10.7. The van der Waals surface area contributed by atoms with Gasteiger partial charge in [-0.15, -0.1) is 0 Å². The molecule has 0 bridgehead atoms. The van der Waals surface area contributed by atoms with Gasteiger partial charge in [0, 0.05) is 55.0 Å². The van der Waals surface area contributed by atoms with Crippen LogP contribution in [0.25, 0.3) is 10.9 Å². The number of benzene rings is 1. The molecule has 2 aromatic heterocycles. The molecular weight excluding hydrogens is 452 g/mol. The number of carbonyl (C=O) groups excluding carboxylic acids is 1. The Labute approximate surface area is 209 Å². The summed E-state index contributed by atoms with van der Waals surface area (Å²) in [6.07, 6.45) is 5.10. The maximum Gasteiger partial charge on any atom is 0.272 e. The highest BCUT2D eigenvalue weighted by Crippen LogP contribution is 2.37. The number of nitrogens with one attached hydrogen (secondary N) is 1. The Morgan fingerprint density at radius 2 is 1.92 bits per heavy atom. The third-order valence-corrected chi connectivity index (χ3v) is 7.85. The molecule has 8 nitrogen and oxygen atoms in total. The zero-order chi connectivity index (χ0) is 24.9. The summed E-state index contributed by atoms with van der Waals surface area (Å²) in [7, 11) is 0. The average Bonchev–Trinajstić information content (AvgIpc) is 3.38. The molecule has 3 aliphatic heterocycles. The van der Waals surface area contributed by atoms with Crippen LogP contribution in [0.2, 0.25) is 0 Å². The van der Waals surface area contributed by atoms with E-state index < -0.39 is 0 Å². The Balaban J connectivity index is 1.16. The van der Waals surface area contributed by atoms with E-state index >= 15 is 0 Å². The van der Waals surface area contributed by atoms with Crippen LogP contribution in [0.1, 0.15) is 48.7 Å². The average molecular weight is 483 g/mol. The van der Waals surface area contributed by atoms with Gasteiger partial charge in [-0.1, -0.05) is 32.0 Å². The smallest absolute Gasteiger partial charge is 0.272 e. The second kappa shape index (κ2) is 8.69. The summed E-state index contributed by atoms with van der Waals surface area (Å²) < 4.78 is 0. The number of fused-ring (bicyclic) bond motifs is 1. The number of nitrogens with zero attached hydrogens (tertiary/aromatic N) is 5. The van der Waals surface area contributed by atoms with E-state index in [0.717, 1.165) is 60.3 Å². The predicted octanol–water partition coefficient (Wildman–Crippen LogP) is 3.57. The van der Waals surface area contributed by atoms with Crippen molar-refractivity contribution in [3.8, 4) is 0 Å². The summed E-state index contributed by atoms with van der Waals surface area (Å²) in [5.74, 6) is 0.887. The van der Waals surface area contributed by atoms with Crippen LogP contribution < -0.4 is 10.5 Å². The first kappa shape index (κ1) is 22.6. The molecule has 1 amide bonds. The minimum atomic E-state index is -0.0991. The molecule has 184 valence electrons. The van der Waals surface area contributed by atoms with E-state index in [1.165, 1.54) is 11.9 Å². The SMILES string of the molecule is CC1(C)CN(C(=O)c2cc(N3CCC(c4cc5ccccc5[nH]c4=O)CC3)ncn2)CC2=C1CN=C2. The van der Waals surface area contributed by atoms with E-state index in [1.807, 2.05) is 47.5 Å². The summed E-state index contributed by atoms with van der Waals surface area (Å²) >= 11 is 0. The van der Waals surface area contributed by atoms with Crippen molar-refractivity contribution in [3.63, 3.8) is 0 Å². The monoisotopic (exact) mass is 482 g/mol. The van der Waals surface area contributed by atoms with Gasteiger partial charge in [-0.05, 0) is 47.4 Å². The lowest BCUT2D eigenvalue weighted by Gasteiger charge is -2.39. The number of para-hydroxylation sites is 1. The molecule has 0 radical (unpaired) electrons. The number of hydrogen-bond acceptors (Lipinski definition) is 6. The molecule has 1 aromatic carbocycles. The lowest BCUT2D eigenvalue weighted by Crippen LogP contribution is -2.45. The van der Waals surface area contributed by atoms with Crippen molar-refractivity contribution in [1.82, 2.24) is 19.9 Å². The summed E-state index contributed by atoms with van der Waals surface area (Å²) in [6.45, 7) is 7.85. The first-order valence-electron chi connectivity index (χ1n) is 12.6. The van der Waals surface area contributed by atoms with E-state index in [9.17, 15) is 9.59 Å². The minimum Gasteiger partial charge on any atom is -0.356 e. The number of pyridine rings is 1. The molecule has 3 aromatic rings. The predicted molar refractivity (Wildman–Crippen MR) is 141 cm³/mol. The Bertz CT molecular complexity index is 1460. The maximum absolute atomic E-state index is 13.4. The number of carbonyl (C=O) groups is 1. The van der Waals surface area contributed by atoms with E-state index in [2.05, 4.69) is 38.7 Å². The number of aromatic amines is 1. The van der Waals surface area contributed by atoms with Crippen LogP contribution in [0.5, 0.6) is 0 Å². The van der Waals surface area contributed by atoms with Gasteiger partial charge < -0.3 is 14.8 Å². The molecule has 1 fully saturated rings. The number of rotatable bonds is 3. The fourth-order valence-corrected chi connectivity index (χ4v) is 5.88. The van der Waals surface area contributed by atoms with E-state index in [0.29, 0.717) is 18.8 Å². The number of amides is 1. The van der Waals surface area contributed by atoms with Crippen LogP contribution in [-0.2, 0) is 0 Å². The molecule has 6 rings (SSSR count). The van der Waals surface area contributed by atoms with E-state index in [4.69, 9.17) is 0 Å². The summed E-state index contributed by atoms with van der Waals surface area (Å²) in [5, 5.41) is 1.06. The standard InChI is InChI=1S/C28H30N6O2/c1-28(2)16-34(15-20-13-29-14-22(20)28)27(36)24-12-25(31-17-30-24)33-9-7-18(8-10-33)21-11-19-5-3-4-6-23(19)32-26(21)35/h3-6,11-13,17-18H,7-10,14-16H2,1-2H3,(H,32,35). The van der Waals surface area contributed by atoms with E-state index in [1.54, 1.807) is 0 Å². The number of aromatic nitrogens is 3. The summed E-state index contributed by atoms with van der Waals surface area (Å²) in [5.41, 5.74) is 4.52. The second-order valence-corrected chi connectivity index (χ2v) is 10.7. The molecule has 0 spiro atoms. The molecule has 0 aliphatic carbocycles. The van der Waals surface area contributed by atoms with Crippen molar-refractivity contribution < 1.29 is 4.79 Å².